The van der Waals surface area contributed by atoms with Crippen molar-refractivity contribution >= 4 is 44.9 Å². The van der Waals surface area contributed by atoms with E-state index in [1.807, 2.05) is 61.5 Å². The first-order valence-corrected chi connectivity index (χ1v) is 9.25. The zero-order valence-electron chi connectivity index (χ0n) is 13.9. The Morgan fingerprint density at radius 3 is 2.77 bits per heavy atom. The van der Waals surface area contributed by atoms with E-state index >= 15 is 0 Å². The Labute approximate surface area is 159 Å². The van der Waals surface area contributed by atoms with Crippen LogP contribution in [0.15, 0.2) is 54.6 Å². The fourth-order valence-electron chi connectivity index (χ4n) is 2.70. The highest BCUT2D eigenvalue weighted by Crippen LogP contribution is 2.31. The predicted molar refractivity (Wildman–Crippen MR) is 105 cm³/mol. The maximum atomic E-state index is 12.4. The van der Waals surface area contributed by atoms with Crippen LogP contribution < -0.4 is 5.32 Å². The molecule has 0 aliphatic heterocycles. The molecule has 0 aliphatic carbocycles. The normalized spacial score (nSPS) is 11.0. The van der Waals surface area contributed by atoms with E-state index in [0.717, 1.165) is 21.5 Å². The van der Waals surface area contributed by atoms with Crippen LogP contribution in [-0.4, -0.2) is 20.7 Å². The number of para-hydroxylation sites is 1. The maximum Gasteiger partial charge on any atom is 0.229 e. The van der Waals surface area contributed by atoms with E-state index in [1.54, 1.807) is 4.68 Å². The van der Waals surface area contributed by atoms with Crippen molar-refractivity contribution < 1.29 is 4.79 Å². The molecule has 0 spiro atoms. The van der Waals surface area contributed by atoms with Gasteiger partial charge in [-0.1, -0.05) is 59.3 Å². The molecule has 7 heteroatoms. The smallest absolute Gasteiger partial charge is 0.229 e. The van der Waals surface area contributed by atoms with Gasteiger partial charge >= 0.3 is 0 Å². The van der Waals surface area contributed by atoms with Crippen LogP contribution in [0, 0.1) is 6.92 Å². The molecule has 1 N–H and O–H groups in total. The zero-order valence-corrected chi connectivity index (χ0v) is 15.5. The lowest BCUT2D eigenvalue weighted by molar-refractivity contribution is -0.115. The number of aryl methyl sites for hydroxylation is 1. The lowest BCUT2D eigenvalue weighted by Crippen LogP contribution is -2.17. The van der Waals surface area contributed by atoms with Crippen LogP contribution in [0.5, 0.6) is 0 Å². The number of benzene rings is 2. The molecule has 0 saturated heterocycles. The van der Waals surface area contributed by atoms with Crippen molar-refractivity contribution in [3.8, 4) is 5.13 Å². The van der Waals surface area contributed by atoms with Gasteiger partial charge in [0.2, 0.25) is 11.0 Å². The number of aromatic nitrogens is 3. The van der Waals surface area contributed by atoms with Crippen molar-refractivity contribution in [2.24, 2.45) is 0 Å². The van der Waals surface area contributed by atoms with Gasteiger partial charge in [-0.25, -0.2) is 4.98 Å². The first kappa shape index (κ1) is 16.8. The fraction of sp³-hybridized carbons (Fsp3) is 0.105. The summed E-state index contributed by atoms with van der Waals surface area (Å²) < 4.78 is 2.63. The summed E-state index contributed by atoms with van der Waals surface area (Å²) in [6, 6.07) is 17.1. The molecule has 2 heterocycles. The predicted octanol–water partition coefficient (Wildman–Crippen LogP) is 4.63. The highest BCUT2D eigenvalue weighted by atomic mass is 35.5. The lowest BCUT2D eigenvalue weighted by Gasteiger charge is -2.06. The highest BCUT2D eigenvalue weighted by Gasteiger charge is 2.15. The second kappa shape index (κ2) is 6.90. The number of carbonyl (C=O) groups excluding carboxylic acids is 1. The Balaban J connectivity index is 1.64. The van der Waals surface area contributed by atoms with Crippen molar-refractivity contribution in [2.75, 3.05) is 5.32 Å². The third-order valence-electron chi connectivity index (χ3n) is 3.85. The first-order valence-electron chi connectivity index (χ1n) is 8.06. The monoisotopic (exact) mass is 382 g/mol. The molecule has 0 radical (unpaired) electrons. The molecule has 130 valence electrons. The molecule has 0 fully saturated rings. The molecule has 4 aromatic rings. The van der Waals surface area contributed by atoms with E-state index in [4.69, 9.17) is 11.6 Å². The maximum absolute atomic E-state index is 12.4. The number of amides is 1. The minimum absolute atomic E-state index is 0.100. The van der Waals surface area contributed by atoms with Crippen LogP contribution >= 0.6 is 22.9 Å². The fourth-order valence-corrected chi connectivity index (χ4v) is 3.93. The van der Waals surface area contributed by atoms with Crippen molar-refractivity contribution in [3.63, 3.8) is 0 Å². The molecule has 0 bridgehead atoms. The standard InChI is InChI=1S/C19H15ClN4OS/c1-12-10-16(21-17(25)11-13-6-3-2-4-7-13)24(23-12)19-22-18-14(20)8-5-9-15(18)26-19/h2-10H,11H2,1H3,(H,21,25). The Morgan fingerprint density at radius 1 is 1.19 bits per heavy atom. The Morgan fingerprint density at radius 2 is 2.00 bits per heavy atom. The minimum Gasteiger partial charge on any atom is -0.310 e. The van der Waals surface area contributed by atoms with Crippen LogP contribution in [-0.2, 0) is 11.2 Å². The van der Waals surface area contributed by atoms with Crippen LogP contribution in [0.3, 0.4) is 0 Å². The van der Waals surface area contributed by atoms with Gasteiger partial charge in [-0.3, -0.25) is 4.79 Å². The number of fused-ring (bicyclic) bond motifs is 1. The minimum atomic E-state index is -0.100. The first-order chi connectivity index (χ1) is 12.6. The molecule has 0 saturated carbocycles. The molecule has 5 nitrogen and oxygen atoms in total. The molecular weight excluding hydrogens is 368 g/mol. The summed E-state index contributed by atoms with van der Waals surface area (Å²) in [7, 11) is 0. The molecule has 0 atom stereocenters. The number of hydrogen-bond acceptors (Lipinski definition) is 4. The van der Waals surface area contributed by atoms with Gasteiger partial charge in [0, 0.05) is 6.07 Å². The summed E-state index contributed by atoms with van der Waals surface area (Å²) in [6.45, 7) is 1.88. The van der Waals surface area contributed by atoms with E-state index in [2.05, 4.69) is 15.4 Å². The SMILES string of the molecule is Cc1cc(NC(=O)Cc2ccccc2)n(-c2nc3c(Cl)cccc3s2)n1. The molecular formula is C19H15ClN4OS. The number of halogens is 1. The zero-order chi connectivity index (χ0) is 18.1. The van der Waals surface area contributed by atoms with E-state index in [9.17, 15) is 4.79 Å². The van der Waals surface area contributed by atoms with E-state index in [0.29, 0.717) is 22.4 Å². The van der Waals surface area contributed by atoms with Gasteiger partial charge in [0.1, 0.15) is 11.3 Å². The quantitative estimate of drug-likeness (QED) is 0.560. The van der Waals surface area contributed by atoms with Crippen molar-refractivity contribution in [3.05, 3.63) is 70.9 Å². The van der Waals surface area contributed by atoms with Gasteiger partial charge in [0.25, 0.3) is 0 Å². The largest absolute Gasteiger partial charge is 0.310 e. The highest BCUT2D eigenvalue weighted by molar-refractivity contribution is 7.20. The number of anilines is 1. The van der Waals surface area contributed by atoms with Crippen LogP contribution in [0.2, 0.25) is 5.02 Å². The lowest BCUT2D eigenvalue weighted by atomic mass is 10.1. The third kappa shape index (κ3) is 3.34. The molecule has 1 amide bonds. The summed E-state index contributed by atoms with van der Waals surface area (Å²) in [5.74, 6) is 0.495. The van der Waals surface area contributed by atoms with Crippen molar-refractivity contribution in [1.29, 1.82) is 0 Å². The van der Waals surface area contributed by atoms with Gasteiger partial charge < -0.3 is 5.32 Å². The molecule has 2 aromatic carbocycles. The number of nitrogens with one attached hydrogen (secondary N) is 1. The number of nitrogens with zero attached hydrogens (tertiary/aromatic N) is 3. The molecule has 0 unspecified atom stereocenters. The summed E-state index contributed by atoms with van der Waals surface area (Å²) >= 11 is 7.70. The van der Waals surface area contributed by atoms with Gasteiger partial charge in [-0.2, -0.15) is 9.78 Å². The molecule has 26 heavy (non-hydrogen) atoms. The average Bonchev–Trinajstić information content (AvgIpc) is 3.20. The summed E-state index contributed by atoms with van der Waals surface area (Å²) in [4.78, 5) is 17.0. The van der Waals surface area contributed by atoms with Gasteiger partial charge in [-0.05, 0) is 24.6 Å². The number of thiazole rings is 1. The second-order valence-electron chi connectivity index (χ2n) is 5.88. The van der Waals surface area contributed by atoms with E-state index in [-0.39, 0.29) is 5.91 Å². The Hall–Kier alpha value is -2.70. The molecule has 2 aromatic heterocycles. The van der Waals surface area contributed by atoms with Crippen molar-refractivity contribution in [1.82, 2.24) is 14.8 Å². The van der Waals surface area contributed by atoms with Crippen LogP contribution in [0.25, 0.3) is 15.3 Å². The van der Waals surface area contributed by atoms with Gasteiger partial charge in [-0.15, -0.1) is 0 Å². The van der Waals surface area contributed by atoms with Crippen LogP contribution in [0.1, 0.15) is 11.3 Å². The van der Waals surface area contributed by atoms with E-state index in [1.165, 1.54) is 11.3 Å². The summed E-state index contributed by atoms with van der Waals surface area (Å²) in [5, 5.41) is 8.67. The topological polar surface area (TPSA) is 59.8 Å². The third-order valence-corrected chi connectivity index (χ3v) is 5.15. The Kier molecular flexibility index (Phi) is 4.44. The summed E-state index contributed by atoms with van der Waals surface area (Å²) in [5.41, 5.74) is 2.49. The van der Waals surface area contributed by atoms with Crippen molar-refractivity contribution in [2.45, 2.75) is 13.3 Å². The van der Waals surface area contributed by atoms with Crippen LogP contribution in [0.4, 0.5) is 5.82 Å². The van der Waals surface area contributed by atoms with Gasteiger partial charge in [0.15, 0.2) is 0 Å². The number of hydrogen-bond donors (Lipinski definition) is 1. The molecule has 0 aliphatic rings. The average molecular weight is 383 g/mol. The molecule has 4 rings (SSSR count). The second-order valence-corrected chi connectivity index (χ2v) is 7.29. The Bertz CT molecular complexity index is 1090. The van der Waals surface area contributed by atoms with Gasteiger partial charge in [0.05, 0.1) is 21.8 Å². The number of carbonyl (C=O) groups is 1. The number of rotatable bonds is 4. The summed E-state index contributed by atoms with van der Waals surface area (Å²) in [6.07, 6.45) is 0.302. The van der Waals surface area contributed by atoms with E-state index < -0.39 is 0 Å².